The van der Waals surface area contributed by atoms with E-state index in [9.17, 15) is 9.59 Å². The molecule has 0 amide bonds. The van der Waals surface area contributed by atoms with Crippen molar-refractivity contribution in [1.29, 1.82) is 0 Å². The van der Waals surface area contributed by atoms with Gasteiger partial charge < -0.3 is 9.15 Å². The minimum atomic E-state index is -0.405. The molecule has 1 aromatic rings. The van der Waals surface area contributed by atoms with Gasteiger partial charge in [-0.25, -0.2) is 4.79 Å². The normalized spacial score (nSPS) is 12.4. The van der Waals surface area contributed by atoms with Gasteiger partial charge in [-0.2, -0.15) is 0 Å². The lowest BCUT2D eigenvalue weighted by atomic mass is 10.1. The SMILES string of the molecule is CCC=CCC=CCC=CCCCCCCCC(=O)c1ccc(C(C)=CC(=O)OCC)o1. The maximum atomic E-state index is 12.3. The van der Waals surface area contributed by atoms with Crippen LogP contribution in [0, 0.1) is 0 Å². The van der Waals surface area contributed by atoms with E-state index in [1.807, 2.05) is 0 Å². The molecule has 0 radical (unpaired) electrons. The largest absolute Gasteiger partial charge is 0.463 e. The molecule has 0 saturated carbocycles. The Labute approximate surface area is 194 Å². The van der Waals surface area contributed by atoms with Crippen molar-refractivity contribution in [3.05, 3.63) is 66.2 Å². The molecule has 0 fully saturated rings. The Bertz CT molecular complexity index is 777. The first-order valence-corrected chi connectivity index (χ1v) is 12.0. The number of Topliss-reactive ketones (excluding diaryl/α,β-unsaturated/α-hetero) is 1. The number of hydrogen-bond donors (Lipinski definition) is 0. The Kier molecular flexibility index (Phi) is 15.4. The average molecular weight is 441 g/mol. The number of ether oxygens (including phenoxy) is 1. The minimum Gasteiger partial charge on any atom is -0.463 e. The Morgan fingerprint density at radius 2 is 1.47 bits per heavy atom. The summed E-state index contributed by atoms with van der Waals surface area (Å²) in [5, 5.41) is 0. The fourth-order valence-electron chi connectivity index (χ4n) is 3.16. The Morgan fingerprint density at radius 1 is 0.844 bits per heavy atom. The third-order valence-corrected chi connectivity index (χ3v) is 4.95. The molecule has 0 aromatic carbocycles. The highest BCUT2D eigenvalue weighted by Gasteiger charge is 2.12. The third-order valence-electron chi connectivity index (χ3n) is 4.95. The summed E-state index contributed by atoms with van der Waals surface area (Å²) >= 11 is 0. The van der Waals surface area contributed by atoms with Crippen LogP contribution in [0.2, 0.25) is 0 Å². The van der Waals surface area contributed by atoms with Gasteiger partial charge in [0, 0.05) is 12.5 Å². The van der Waals surface area contributed by atoms with Crippen molar-refractivity contribution in [1.82, 2.24) is 0 Å². The molecule has 0 spiro atoms. The number of ketones is 1. The quantitative estimate of drug-likeness (QED) is 0.0809. The zero-order chi connectivity index (χ0) is 23.4. The van der Waals surface area contributed by atoms with Crippen LogP contribution >= 0.6 is 0 Å². The van der Waals surface area contributed by atoms with Gasteiger partial charge in [-0.1, -0.05) is 62.6 Å². The maximum Gasteiger partial charge on any atom is 0.331 e. The van der Waals surface area contributed by atoms with Crippen molar-refractivity contribution in [2.45, 2.75) is 85.0 Å². The van der Waals surface area contributed by atoms with Gasteiger partial charge in [0.25, 0.3) is 0 Å². The standard InChI is InChI=1S/C28H40O4/c1-4-6-7-8-9-10-11-12-13-14-15-16-17-18-19-20-25(29)27-22-21-26(32-27)24(3)23-28(30)31-5-2/h6-7,9-10,12-13,21-23H,4-5,8,11,14-20H2,1-3H3. The fourth-order valence-corrected chi connectivity index (χ4v) is 3.16. The van der Waals surface area contributed by atoms with Crippen LogP contribution in [0.3, 0.4) is 0 Å². The molecule has 1 aromatic heterocycles. The van der Waals surface area contributed by atoms with Gasteiger partial charge in [0.15, 0.2) is 11.5 Å². The molecule has 0 aliphatic rings. The molecular weight excluding hydrogens is 400 g/mol. The first kappa shape index (κ1) is 27.4. The Morgan fingerprint density at radius 3 is 2.19 bits per heavy atom. The van der Waals surface area contributed by atoms with Crippen molar-refractivity contribution in [3.63, 3.8) is 0 Å². The number of rotatable bonds is 17. The molecule has 4 heteroatoms. The van der Waals surface area contributed by atoms with Gasteiger partial charge >= 0.3 is 5.97 Å². The minimum absolute atomic E-state index is 0.0151. The predicted molar refractivity (Wildman–Crippen MR) is 133 cm³/mol. The van der Waals surface area contributed by atoms with Crippen LogP contribution in [0.15, 0.2) is 59.1 Å². The first-order valence-electron chi connectivity index (χ1n) is 12.0. The molecule has 0 atom stereocenters. The van der Waals surface area contributed by atoms with E-state index in [0.717, 1.165) is 44.9 Å². The highest BCUT2D eigenvalue weighted by Crippen LogP contribution is 2.19. The first-order chi connectivity index (χ1) is 15.6. The second-order valence-corrected chi connectivity index (χ2v) is 7.77. The zero-order valence-corrected chi connectivity index (χ0v) is 20.1. The van der Waals surface area contributed by atoms with Crippen LogP contribution in [0.1, 0.15) is 101 Å². The van der Waals surface area contributed by atoms with E-state index in [1.165, 1.54) is 18.9 Å². The van der Waals surface area contributed by atoms with E-state index in [0.29, 0.717) is 30.1 Å². The zero-order valence-electron chi connectivity index (χ0n) is 20.1. The molecule has 0 unspecified atom stereocenters. The third kappa shape index (κ3) is 12.9. The highest BCUT2D eigenvalue weighted by molar-refractivity contribution is 5.94. The number of carbonyl (C=O) groups is 2. The Hall–Kier alpha value is -2.62. The number of allylic oxidation sites excluding steroid dienone is 7. The second kappa shape index (κ2) is 18.0. The predicted octanol–water partition coefficient (Wildman–Crippen LogP) is 8.02. The van der Waals surface area contributed by atoms with Crippen molar-refractivity contribution in [2.24, 2.45) is 0 Å². The molecule has 1 heterocycles. The van der Waals surface area contributed by atoms with Crippen LogP contribution in [0.25, 0.3) is 5.57 Å². The van der Waals surface area contributed by atoms with Gasteiger partial charge in [-0.15, -0.1) is 0 Å². The molecule has 32 heavy (non-hydrogen) atoms. The van der Waals surface area contributed by atoms with Gasteiger partial charge in [-0.05, 0) is 70.1 Å². The van der Waals surface area contributed by atoms with Crippen molar-refractivity contribution < 1.29 is 18.7 Å². The van der Waals surface area contributed by atoms with Crippen LogP contribution in [0.4, 0.5) is 0 Å². The Balaban J connectivity index is 2.13. The molecule has 0 N–H and O–H groups in total. The van der Waals surface area contributed by atoms with Crippen LogP contribution in [0.5, 0.6) is 0 Å². The van der Waals surface area contributed by atoms with Gasteiger partial charge in [-0.3, -0.25) is 4.79 Å². The van der Waals surface area contributed by atoms with Crippen molar-refractivity contribution in [3.8, 4) is 0 Å². The fraction of sp³-hybridized carbons (Fsp3) is 0.500. The van der Waals surface area contributed by atoms with E-state index in [4.69, 9.17) is 9.15 Å². The molecule has 0 saturated heterocycles. The van der Waals surface area contributed by atoms with Gasteiger partial charge in [0.1, 0.15) is 5.76 Å². The summed E-state index contributed by atoms with van der Waals surface area (Å²) < 4.78 is 10.5. The number of esters is 1. The molecular formula is C28H40O4. The van der Waals surface area contributed by atoms with Crippen molar-refractivity contribution in [2.75, 3.05) is 6.61 Å². The van der Waals surface area contributed by atoms with E-state index < -0.39 is 5.97 Å². The van der Waals surface area contributed by atoms with E-state index in [-0.39, 0.29) is 5.78 Å². The van der Waals surface area contributed by atoms with E-state index >= 15 is 0 Å². The molecule has 1 rings (SSSR count). The summed E-state index contributed by atoms with van der Waals surface area (Å²) in [5.74, 6) is 0.494. The lowest BCUT2D eigenvalue weighted by Crippen LogP contribution is -2.00. The molecule has 176 valence electrons. The molecule has 0 bridgehead atoms. The average Bonchev–Trinajstić information content (AvgIpc) is 3.27. The molecule has 0 aliphatic heterocycles. The van der Waals surface area contributed by atoms with Gasteiger partial charge in [0.2, 0.25) is 0 Å². The summed E-state index contributed by atoms with van der Waals surface area (Å²) in [5.41, 5.74) is 0.650. The number of unbranched alkanes of at least 4 members (excludes halogenated alkanes) is 5. The lowest BCUT2D eigenvalue weighted by molar-refractivity contribution is -0.137. The van der Waals surface area contributed by atoms with Crippen LogP contribution in [-0.4, -0.2) is 18.4 Å². The maximum absolute atomic E-state index is 12.3. The smallest absolute Gasteiger partial charge is 0.331 e. The lowest BCUT2D eigenvalue weighted by Gasteiger charge is -2.01. The topological polar surface area (TPSA) is 56.5 Å². The van der Waals surface area contributed by atoms with E-state index in [1.54, 1.807) is 26.0 Å². The summed E-state index contributed by atoms with van der Waals surface area (Å²) in [4.78, 5) is 23.8. The second-order valence-electron chi connectivity index (χ2n) is 7.77. The van der Waals surface area contributed by atoms with Crippen LogP contribution < -0.4 is 0 Å². The molecule has 0 aliphatic carbocycles. The molecule has 4 nitrogen and oxygen atoms in total. The van der Waals surface area contributed by atoms with Crippen molar-refractivity contribution >= 4 is 17.3 Å². The summed E-state index contributed by atoms with van der Waals surface area (Å²) in [6.45, 7) is 6.00. The van der Waals surface area contributed by atoms with E-state index in [2.05, 4.69) is 43.4 Å². The number of furan rings is 1. The summed E-state index contributed by atoms with van der Waals surface area (Å²) in [6, 6.07) is 3.41. The van der Waals surface area contributed by atoms with Gasteiger partial charge in [0.05, 0.1) is 6.61 Å². The highest BCUT2D eigenvalue weighted by atomic mass is 16.5. The van der Waals surface area contributed by atoms with Crippen LogP contribution in [-0.2, 0) is 9.53 Å². The number of hydrogen-bond acceptors (Lipinski definition) is 4. The summed E-state index contributed by atoms with van der Waals surface area (Å²) in [7, 11) is 0. The number of carbonyl (C=O) groups excluding carboxylic acids is 2. The summed E-state index contributed by atoms with van der Waals surface area (Å²) in [6.07, 6.45) is 24.9. The monoisotopic (exact) mass is 440 g/mol.